The lowest BCUT2D eigenvalue weighted by Crippen LogP contribution is -2.38. The number of hydrogen-bond acceptors (Lipinski definition) is 4. The highest BCUT2D eigenvalue weighted by Gasteiger charge is 2.32. The molecule has 3 rings (SSSR count). The van der Waals surface area contributed by atoms with Gasteiger partial charge in [-0.2, -0.15) is 5.26 Å². The molecule has 0 aliphatic heterocycles. The van der Waals surface area contributed by atoms with Crippen LogP contribution in [-0.2, 0) is 16.8 Å². The van der Waals surface area contributed by atoms with Crippen molar-refractivity contribution in [2.24, 2.45) is 0 Å². The summed E-state index contributed by atoms with van der Waals surface area (Å²) in [7, 11) is 1.87. The van der Waals surface area contributed by atoms with Gasteiger partial charge in [-0.3, -0.25) is 0 Å². The largest absolute Gasteiger partial charge is 0.315 e. The minimum Gasteiger partial charge on any atom is -0.315 e. The summed E-state index contributed by atoms with van der Waals surface area (Å²) in [5.41, 5.74) is 2.29. The van der Waals surface area contributed by atoms with E-state index in [4.69, 9.17) is 28.5 Å². The maximum atomic E-state index is 12.3. The predicted molar refractivity (Wildman–Crippen MR) is 121 cm³/mol. The van der Waals surface area contributed by atoms with Crippen molar-refractivity contribution >= 4 is 35.4 Å². The summed E-state index contributed by atoms with van der Waals surface area (Å²) in [5, 5.41) is 9.26. The van der Waals surface area contributed by atoms with Crippen molar-refractivity contribution in [3.05, 3.63) is 82.3 Å². The lowest BCUT2D eigenvalue weighted by molar-refractivity contribution is -0.114. The number of nitriles is 1. The minimum absolute atomic E-state index is 0.310. The Bertz CT molecular complexity index is 1080. The Balaban J connectivity index is 2.01. The highest BCUT2D eigenvalue weighted by atomic mass is 35.5. The van der Waals surface area contributed by atoms with Gasteiger partial charge in [0.1, 0.15) is 11.8 Å². The van der Waals surface area contributed by atoms with E-state index in [1.54, 1.807) is 30.5 Å². The molecule has 1 heterocycles. The summed E-state index contributed by atoms with van der Waals surface area (Å²) < 4.78 is 1.92. The Hall–Kier alpha value is -2.81. The summed E-state index contributed by atoms with van der Waals surface area (Å²) in [6, 6.07) is 9.36. The summed E-state index contributed by atoms with van der Waals surface area (Å²) >= 11 is 12.6. The van der Waals surface area contributed by atoms with E-state index < -0.39 is 5.54 Å². The van der Waals surface area contributed by atoms with Crippen LogP contribution in [0.5, 0.6) is 0 Å². The van der Waals surface area contributed by atoms with Crippen LogP contribution in [0.25, 0.3) is 0 Å². The fourth-order valence-corrected chi connectivity index (χ4v) is 3.93. The Kier molecular flexibility index (Phi) is 6.50. The van der Waals surface area contributed by atoms with Gasteiger partial charge in [0.15, 0.2) is 0 Å². The van der Waals surface area contributed by atoms with Gasteiger partial charge in [-0.1, -0.05) is 29.8 Å². The number of hydrogen-bond donors (Lipinski definition) is 0. The zero-order chi connectivity index (χ0) is 21.9. The van der Waals surface area contributed by atoms with E-state index in [9.17, 15) is 4.79 Å². The van der Waals surface area contributed by atoms with E-state index in [-0.39, 0.29) is 5.38 Å². The van der Waals surface area contributed by atoms with Crippen molar-refractivity contribution in [3.8, 4) is 6.07 Å². The number of carbonyl (C=O) groups is 1. The average Bonchev–Trinajstić information content (AvgIpc) is 3.05. The van der Waals surface area contributed by atoms with E-state index in [2.05, 4.69) is 11.1 Å². The first-order valence-corrected chi connectivity index (χ1v) is 10.2. The topological polar surface area (TPSA) is 61.9 Å². The van der Waals surface area contributed by atoms with Crippen LogP contribution >= 0.6 is 23.2 Å². The van der Waals surface area contributed by atoms with Gasteiger partial charge in [0.05, 0.1) is 23.2 Å². The third-order valence-electron chi connectivity index (χ3n) is 5.07. The van der Waals surface area contributed by atoms with Crippen LogP contribution in [0, 0.1) is 18.3 Å². The van der Waals surface area contributed by atoms with Crippen molar-refractivity contribution in [1.82, 2.24) is 9.55 Å². The van der Waals surface area contributed by atoms with Gasteiger partial charge in [0.2, 0.25) is 5.95 Å². The number of aryl methyl sites for hydroxylation is 1. The highest BCUT2D eigenvalue weighted by molar-refractivity contribution is 6.31. The monoisotopic (exact) mass is 440 g/mol. The van der Waals surface area contributed by atoms with Crippen LogP contribution < -0.4 is 4.90 Å². The average molecular weight is 441 g/mol. The molecule has 30 heavy (non-hydrogen) atoms. The molecule has 2 aromatic rings. The molecule has 0 fully saturated rings. The molecule has 2 atom stereocenters. The van der Waals surface area contributed by atoms with E-state index in [1.807, 2.05) is 54.6 Å². The Morgan fingerprint density at radius 1 is 1.37 bits per heavy atom. The molecule has 0 radical (unpaired) electrons. The summed E-state index contributed by atoms with van der Waals surface area (Å²) in [4.78, 5) is 18.8. The molecule has 1 aliphatic carbocycles. The fraction of sp³-hybridized carbons (Fsp3) is 0.261. The van der Waals surface area contributed by atoms with Crippen LogP contribution in [0.1, 0.15) is 23.7 Å². The molecule has 0 N–H and O–H groups in total. The number of aldehydes is 1. The van der Waals surface area contributed by atoms with Crippen LogP contribution in [0.15, 0.2) is 65.5 Å². The number of alkyl halides is 1. The van der Waals surface area contributed by atoms with Gasteiger partial charge in [-0.05, 0) is 49.8 Å². The zero-order valence-corrected chi connectivity index (χ0v) is 18.5. The minimum atomic E-state index is -0.879. The molecule has 5 nitrogen and oxygen atoms in total. The van der Waals surface area contributed by atoms with Crippen molar-refractivity contribution in [3.63, 3.8) is 0 Å². The number of carbonyl (C=O) groups excluding carboxylic acids is 1. The third kappa shape index (κ3) is 4.51. The number of likely N-dealkylation sites (N-methyl/N-ethyl adjacent to an activating group) is 1. The lowest BCUT2D eigenvalue weighted by atomic mass is 9.93. The first-order chi connectivity index (χ1) is 14.3. The number of halogens is 2. The highest BCUT2D eigenvalue weighted by Crippen LogP contribution is 2.31. The normalized spacial score (nSPS) is 17.9. The molecular formula is C23H22Cl2N4O. The van der Waals surface area contributed by atoms with Gasteiger partial charge in [0, 0.05) is 29.9 Å². The first kappa shape index (κ1) is 21.9. The Morgan fingerprint density at radius 2 is 2.07 bits per heavy atom. The summed E-state index contributed by atoms with van der Waals surface area (Å²) in [5.74, 6) is 0.605. The number of benzene rings is 1. The first-order valence-electron chi connectivity index (χ1n) is 9.42. The standard InChI is InChI=1S/C23H22Cl2N4O/c1-16-14-27-22(28(3)21-10-19(24)8-9-20(25)11-21)29(16)23(2,15-30)12-17-4-6-18(13-26)7-5-17/h4-11,14-15,19H,12H2,1-3H3/t19?,23-/m1/s1. The maximum Gasteiger partial charge on any atom is 0.210 e. The lowest BCUT2D eigenvalue weighted by Gasteiger charge is -2.32. The third-order valence-corrected chi connectivity index (χ3v) is 5.58. The van der Waals surface area contributed by atoms with Crippen LogP contribution in [0.2, 0.25) is 0 Å². The molecule has 0 saturated heterocycles. The maximum absolute atomic E-state index is 12.3. The zero-order valence-electron chi connectivity index (χ0n) is 17.0. The Labute approximate surface area is 186 Å². The van der Waals surface area contributed by atoms with E-state index in [1.165, 1.54) is 0 Å². The number of allylic oxidation sites excluding steroid dienone is 5. The van der Waals surface area contributed by atoms with Gasteiger partial charge < -0.3 is 14.3 Å². The van der Waals surface area contributed by atoms with Crippen molar-refractivity contribution in [2.75, 3.05) is 11.9 Å². The van der Waals surface area contributed by atoms with Gasteiger partial charge in [0.25, 0.3) is 0 Å². The van der Waals surface area contributed by atoms with Crippen LogP contribution in [-0.4, -0.2) is 28.3 Å². The SMILES string of the molecule is Cc1cnc(N(C)C2=CC(Cl)C=CC(Cl)=C2)n1[C@@](C)(C=O)Cc1ccc(C#N)cc1. The number of nitrogens with zero attached hydrogens (tertiary/aromatic N) is 4. The quantitative estimate of drug-likeness (QED) is 0.476. The van der Waals surface area contributed by atoms with Crippen LogP contribution in [0.3, 0.4) is 0 Å². The van der Waals surface area contributed by atoms with Crippen LogP contribution in [0.4, 0.5) is 5.95 Å². The molecule has 154 valence electrons. The second-order valence-electron chi connectivity index (χ2n) is 7.48. The molecule has 1 aromatic carbocycles. The van der Waals surface area contributed by atoms with Crippen molar-refractivity contribution < 1.29 is 4.79 Å². The number of aromatic nitrogens is 2. The fourth-order valence-electron chi connectivity index (χ4n) is 3.54. The summed E-state index contributed by atoms with van der Waals surface area (Å²) in [6.07, 6.45) is 10.4. The van der Waals surface area contributed by atoms with Gasteiger partial charge in [-0.25, -0.2) is 4.98 Å². The van der Waals surface area contributed by atoms with Gasteiger partial charge >= 0.3 is 0 Å². The Morgan fingerprint density at radius 3 is 2.70 bits per heavy atom. The second kappa shape index (κ2) is 8.91. The number of anilines is 1. The smallest absolute Gasteiger partial charge is 0.210 e. The molecule has 7 heteroatoms. The van der Waals surface area contributed by atoms with E-state index >= 15 is 0 Å². The predicted octanol–water partition coefficient (Wildman–Crippen LogP) is 4.84. The number of rotatable bonds is 6. The molecule has 1 aliphatic rings. The molecule has 1 aromatic heterocycles. The molecule has 0 bridgehead atoms. The van der Waals surface area contributed by atoms with Crippen molar-refractivity contribution in [2.45, 2.75) is 31.2 Å². The molecule has 0 spiro atoms. The van der Waals surface area contributed by atoms with Crippen molar-refractivity contribution in [1.29, 1.82) is 5.26 Å². The molecule has 0 saturated carbocycles. The molecule has 1 unspecified atom stereocenters. The summed E-state index contributed by atoms with van der Waals surface area (Å²) in [6.45, 7) is 3.79. The van der Waals surface area contributed by atoms with E-state index in [0.29, 0.717) is 23.0 Å². The molecule has 0 amide bonds. The van der Waals surface area contributed by atoms with Gasteiger partial charge in [-0.15, -0.1) is 11.6 Å². The number of imidazole rings is 1. The second-order valence-corrected chi connectivity index (χ2v) is 8.42. The molecular weight excluding hydrogens is 419 g/mol. The van der Waals surface area contributed by atoms with E-state index in [0.717, 1.165) is 23.2 Å².